The van der Waals surface area contributed by atoms with Gasteiger partial charge in [0.05, 0.1) is 18.5 Å². The summed E-state index contributed by atoms with van der Waals surface area (Å²) in [5, 5.41) is 0. The number of oxazole rings is 1. The van der Waals surface area contributed by atoms with Crippen molar-refractivity contribution in [1.82, 2.24) is 9.88 Å². The van der Waals surface area contributed by atoms with E-state index in [2.05, 4.69) is 9.80 Å². The van der Waals surface area contributed by atoms with Gasteiger partial charge in [0.25, 0.3) is 0 Å². The fourth-order valence-corrected chi connectivity index (χ4v) is 4.02. The van der Waals surface area contributed by atoms with Crippen LogP contribution in [0.1, 0.15) is 11.5 Å². The predicted octanol–water partition coefficient (Wildman–Crippen LogP) is 3.85. The highest BCUT2D eigenvalue weighted by molar-refractivity contribution is 5.66. The van der Waals surface area contributed by atoms with Crippen molar-refractivity contribution < 1.29 is 23.0 Å². The van der Waals surface area contributed by atoms with E-state index in [0.717, 1.165) is 43.2 Å². The van der Waals surface area contributed by atoms with Gasteiger partial charge in [-0.25, -0.2) is 9.37 Å². The zero-order chi connectivity index (χ0) is 21.4. The molecule has 0 unspecified atom stereocenters. The summed E-state index contributed by atoms with van der Waals surface area (Å²) in [5.41, 5.74) is 2.34. The maximum atomic E-state index is 14.1. The number of fused-ring (bicyclic) bond motifs is 1. The molecule has 0 amide bonds. The first-order valence-corrected chi connectivity index (χ1v) is 10.3. The Morgan fingerprint density at radius 3 is 2.68 bits per heavy atom. The van der Waals surface area contributed by atoms with Gasteiger partial charge in [0.2, 0.25) is 18.4 Å². The van der Waals surface area contributed by atoms with E-state index >= 15 is 0 Å². The van der Waals surface area contributed by atoms with E-state index < -0.39 is 0 Å². The van der Waals surface area contributed by atoms with Crippen molar-refractivity contribution in [3.63, 3.8) is 0 Å². The molecule has 2 aliphatic rings. The molecule has 3 aromatic rings. The number of hydrogen-bond donors (Lipinski definition) is 0. The minimum Gasteiger partial charge on any atom is -0.493 e. The summed E-state index contributed by atoms with van der Waals surface area (Å²) >= 11 is 0. The molecule has 0 saturated carbocycles. The summed E-state index contributed by atoms with van der Waals surface area (Å²) in [6.07, 6.45) is 0. The number of para-hydroxylation sites is 1. The van der Waals surface area contributed by atoms with Gasteiger partial charge >= 0.3 is 0 Å². The van der Waals surface area contributed by atoms with E-state index in [4.69, 9.17) is 23.6 Å². The molecule has 0 spiro atoms. The molecule has 3 heterocycles. The zero-order valence-electron chi connectivity index (χ0n) is 17.6. The first-order chi connectivity index (χ1) is 15.1. The molecule has 1 saturated heterocycles. The number of hydrogen-bond acceptors (Lipinski definition) is 7. The molecule has 8 heteroatoms. The second kappa shape index (κ2) is 8.11. The van der Waals surface area contributed by atoms with Crippen LogP contribution in [-0.4, -0.2) is 50.0 Å². The van der Waals surface area contributed by atoms with E-state index in [1.165, 1.54) is 6.07 Å². The van der Waals surface area contributed by atoms with E-state index in [0.29, 0.717) is 35.4 Å². The van der Waals surface area contributed by atoms with Crippen molar-refractivity contribution in [1.29, 1.82) is 0 Å². The maximum absolute atomic E-state index is 14.1. The summed E-state index contributed by atoms with van der Waals surface area (Å²) in [4.78, 5) is 9.13. The van der Waals surface area contributed by atoms with Gasteiger partial charge in [0.15, 0.2) is 11.5 Å². The molecule has 31 heavy (non-hydrogen) atoms. The van der Waals surface area contributed by atoms with Gasteiger partial charge in [-0.05, 0) is 31.2 Å². The summed E-state index contributed by atoms with van der Waals surface area (Å²) in [6.45, 7) is 5.97. The number of nitrogens with zero attached hydrogens (tertiary/aromatic N) is 3. The second-order valence-corrected chi connectivity index (χ2v) is 7.65. The lowest BCUT2D eigenvalue weighted by Gasteiger charge is -2.35. The second-order valence-electron chi connectivity index (χ2n) is 7.65. The highest BCUT2D eigenvalue weighted by Crippen LogP contribution is 2.44. The highest BCUT2D eigenvalue weighted by Gasteiger charge is 2.24. The van der Waals surface area contributed by atoms with Crippen molar-refractivity contribution in [2.75, 3.05) is 45.0 Å². The van der Waals surface area contributed by atoms with Gasteiger partial charge in [-0.1, -0.05) is 12.1 Å². The molecule has 5 rings (SSSR count). The van der Waals surface area contributed by atoms with E-state index in [1.807, 2.05) is 31.2 Å². The number of ether oxygens (including phenoxy) is 3. The number of piperazine rings is 1. The maximum Gasteiger partial charge on any atom is 0.231 e. The van der Waals surface area contributed by atoms with Crippen LogP contribution < -0.4 is 19.1 Å². The van der Waals surface area contributed by atoms with Crippen molar-refractivity contribution in [2.24, 2.45) is 0 Å². The summed E-state index contributed by atoms with van der Waals surface area (Å²) in [7, 11) is 1.59. The van der Waals surface area contributed by atoms with Crippen LogP contribution in [0.3, 0.4) is 0 Å². The molecular weight excluding hydrogens is 401 g/mol. The number of aromatic nitrogens is 1. The third-order valence-electron chi connectivity index (χ3n) is 5.74. The van der Waals surface area contributed by atoms with Crippen LogP contribution in [0.25, 0.3) is 11.5 Å². The number of rotatable bonds is 5. The lowest BCUT2D eigenvalue weighted by molar-refractivity contribution is 0.171. The van der Waals surface area contributed by atoms with Gasteiger partial charge in [-0.3, -0.25) is 4.90 Å². The molecule has 0 bridgehead atoms. The Balaban J connectivity index is 1.29. The van der Waals surface area contributed by atoms with Crippen LogP contribution >= 0.6 is 0 Å². The van der Waals surface area contributed by atoms with Crippen LogP contribution in [0, 0.1) is 12.7 Å². The van der Waals surface area contributed by atoms with Crippen molar-refractivity contribution in [3.05, 3.63) is 53.7 Å². The molecule has 0 atom stereocenters. The molecule has 1 aromatic heterocycles. The van der Waals surface area contributed by atoms with E-state index in [1.54, 1.807) is 13.2 Å². The summed E-state index contributed by atoms with van der Waals surface area (Å²) in [5.74, 6) is 2.94. The zero-order valence-corrected chi connectivity index (χ0v) is 17.6. The average Bonchev–Trinajstić information content (AvgIpc) is 3.41. The molecule has 7 nitrogen and oxygen atoms in total. The monoisotopic (exact) mass is 425 g/mol. The number of methoxy groups -OCH3 is 1. The van der Waals surface area contributed by atoms with Crippen molar-refractivity contribution in [3.8, 4) is 28.7 Å². The summed E-state index contributed by atoms with van der Waals surface area (Å²) in [6, 6.07) is 10.6. The average molecular weight is 425 g/mol. The molecule has 2 aliphatic heterocycles. The molecule has 0 N–H and O–H groups in total. The van der Waals surface area contributed by atoms with Crippen LogP contribution in [0.2, 0.25) is 0 Å². The number of benzene rings is 2. The standard InChI is InChI=1S/C23H24FN3O4/c1-15-18(13-26-7-9-27(10-8-26)19-6-4-3-5-17(19)24)25-23(31-15)16-11-20(28-2)22-21(12-16)29-14-30-22/h3-6,11-12H,7-10,13-14H2,1-2H3. The first kappa shape index (κ1) is 19.7. The minimum atomic E-state index is -0.174. The Bertz CT molecular complexity index is 1090. The normalized spacial score (nSPS) is 16.0. The lowest BCUT2D eigenvalue weighted by Crippen LogP contribution is -2.46. The lowest BCUT2D eigenvalue weighted by atomic mass is 10.2. The SMILES string of the molecule is COc1cc(-c2nc(CN3CCN(c4ccccc4F)CC3)c(C)o2)cc2c1OCO2. The molecule has 0 aliphatic carbocycles. The van der Waals surface area contributed by atoms with Gasteiger partial charge < -0.3 is 23.5 Å². The molecule has 1 fully saturated rings. The van der Waals surface area contributed by atoms with Gasteiger partial charge in [0, 0.05) is 38.3 Å². The largest absolute Gasteiger partial charge is 0.493 e. The minimum absolute atomic E-state index is 0.171. The molecule has 162 valence electrons. The Labute approximate surface area is 179 Å². The third kappa shape index (κ3) is 3.79. The van der Waals surface area contributed by atoms with Gasteiger partial charge in [-0.2, -0.15) is 0 Å². The predicted molar refractivity (Wildman–Crippen MR) is 113 cm³/mol. The van der Waals surface area contributed by atoms with Crippen molar-refractivity contribution in [2.45, 2.75) is 13.5 Å². The van der Waals surface area contributed by atoms with E-state index in [-0.39, 0.29) is 12.6 Å². The number of anilines is 1. The van der Waals surface area contributed by atoms with Crippen LogP contribution in [0.4, 0.5) is 10.1 Å². The Kier molecular flexibility index (Phi) is 5.15. The Hall–Kier alpha value is -3.26. The Morgan fingerprint density at radius 2 is 1.90 bits per heavy atom. The Morgan fingerprint density at radius 1 is 1.10 bits per heavy atom. The topological polar surface area (TPSA) is 60.2 Å². The molecule has 2 aromatic carbocycles. The summed E-state index contributed by atoms with van der Waals surface area (Å²) < 4.78 is 36.4. The van der Waals surface area contributed by atoms with E-state index in [9.17, 15) is 4.39 Å². The van der Waals surface area contributed by atoms with Crippen LogP contribution in [0.15, 0.2) is 40.8 Å². The van der Waals surface area contributed by atoms with Crippen LogP contribution in [0.5, 0.6) is 17.2 Å². The number of aryl methyl sites for hydroxylation is 1. The highest BCUT2D eigenvalue weighted by atomic mass is 19.1. The third-order valence-corrected chi connectivity index (χ3v) is 5.74. The fourth-order valence-electron chi connectivity index (χ4n) is 4.02. The molecular formula is C23H24FN3O4. The van der Waals surface area contributed by atoms with Crippen molar-refractivity contribution >= 4 is 5.69 Å². The van der Waals surface area contributed by atoms with Gasteiger partial charge in [-0.15, -0.1) is 0 Å². The molecule has 0 radical (unpaired) electrons. The smallest absolute Gasteiger partial charge is 0.231 e. The quantitative estimate of drug-likeness (QED) is 0.615. The van der Waals surface area contributed by atoms with Crippen LogP contribution in [-0.2, 0) is 6.54 Å². The fraction of sp³-hybridized carbons (Fsp3) is 0.348. The first-order valence-electron chi connectivity index (χ1n) is 10.3. The number of halogens is 1. The van der Waals surface area contributed by atoms with Gasteiger partial charge in [0.1, 0.15) is 11.6 Å².